The number of aliphatic hydroxyl groups excluding tert-OH is 2. The number of rotatable bonds is 7. The standard InChI is InChI=1S/C24H22N2O7S2/c1-11-18-17(12(2)28)21(29)26(18)19(20(11)34-8-7-16-15(9-27)25-10-35-16)23(31)33-24-14-6-4-3-5-13(14)22(30)32-24/h3-8,10-12,17-18,24,27-28H,9H2,1-2H3/b8-7-/t11-,12-,17-,18-,24?/m1/s1. The lowest BCUT2D eigenvalue weighted by molar-refractivity contribution is -0.173. The molecular formula is C24H22N2O7S2. The van der Waals surface area contributed by atoms with Crippen molar-refractivity contribution in [1.82, 2.24) is 9.88 Å². The van der Waals surface area contributed by atoms with E-state index in [2.05, 4.69) is 4.98 Å². The number of cyclic esters (lactones) is 1. The van der Waals surface area contributed by atoms with E-state index in [1.807, 2.05) is 6.92 Å². The molecule has 9 nitrogen and oxygen atoms in total. The molecule has 1 aromatic heterocycles. The van der Waals surface area contributed by atoms with E-state index in [1.54, 1.807) is 48.2 Å². The fourth-order valence-corrected chi connectivity index (χ4v) is 6.50. The van der Waals surface area contributed by atoms with Gasteiger partial charge >= 0.3 is 11.9 Å². The highest BCUT2D eigenvalue weighted by Gasteiger charge is 2.60. The quantitative estimate of drug-likeness (QED) is 0.424. The molecule has 0 spiro atoms. The smallest absolute Gasteiger partial charge is 0.359 e. The molecule has 11 heteroatoms. The van der Waals surface area contributed by atoms with Crippen molar-refractivity contribution in [2.75, 3.05) is 0 Å². The Kier molecular flexibility index (Phi) is 6.26. The number of hydrogen-bond acceptors (Lipinski definition) is 10. The average Bonchev–Trinajstić information content (AvgIpc) is 3.48. The van der Waals surface area contributed by atoms with Gasteiger partial charge in [0, 0.05) is 16.4 Å². The molecule has 0 aliphatic carbocycles. The Morgan fingerprint density at radius 2 is 2.14 bits per heavy atom. The van der Waals surface area contributed by atoms with E-state index in [9.17, 15) is 24.6 Å². The highest BCUT2D eigenvalue weighted by atomic mass is 32.2. The summed E-state index contributed by atoms with van der Waals surface area (Å²) in [7, 11) is 0. The van der Waals surface area contributed by atoms with Gasteiger partial charge in [0.1, 0.15) is 5.70 Å². The van der Waals surface area contributed by atoms with Gasteiger partial charge in [0.25, 0.3) is 6.29 Å². The van der Waals surface area contributed by atoms with E-state index < -0.39 is 30.3 Å². The number of ether oxygens (including phenoxy) is 2. The molecular weight excluding hydrogens is 492 g/mol. The maximum atomic E-state index is 13.4. The van der Waals surface area contributed by atoms with Crippen LogP contribution in [0.5, 0.6) is 0 Å². The Balaban J connectivity index is 1.44. The van der Waals surface area contributed by atoms with Crippen molar-refractivity contribution in [3.05, 3.63) is 67.5 Å². The third-order valence-corrected chi connectivity index (χ3v) is 8.33. The summed E-state index contributed by atoms with van der Waals surface area (Å²) in [5.74, 6) is -2.57. The minimum absolute atomic E-state index is 0.0890. The zero-order valence-electron chi connectivity index (χ0n) is 18.8. The molecule has 0 bridgehead atoms. The van der Waals surface area contributed by atoms with Crippen molar-refractivity contribution in [3.63, 3.8) is 0 Å². The van der Waals surface area contributed by atoms with Crippen molar-refractivity contribution in [2.45, 2.75) is 38.9 Å². The van der Waals surface area contributed by atoms with Gasteiger partial charge in [-0.1, -0.05) is 36.9 Å². The predicted molar refractivity (Wildman–Crippen MR) is 127 cm³/mol. The van der Waals surface area contributed by atoms with Gasteiger partial charge in [-0.15, -0.1) is 11.3 Å². The van der Waals surface area contributed by atoms with E-state index in [4.69, 9.17) is 9.47 Å². The van der Waals surface area contributed by atoms with Crippen molar-refractivity contribution >= 4 is 47.0 Å². The van der Waals surface area contributed by atoms with Gasteiger partial charge in [-0.2, -0.15) is 0 Å². The molecule has 35 heavy (non-hydrogen) atoms. The predicted octanol–water partition coefficient (Wildman–Crippen LogP) is 2.82. The van der Waals surface area contributed by atoms with Crippen LogP contribution < -0.4 is 0 Å². The number of carbonyl (C=O) groups is 3. The minimum atomic E-state index is -1.21. The van der Waals surface area contributed by atoms with Gasteiger partial charge in [-0.3, -0.25) is 4.79 Å². The number of nitrogens with zero attached hydrogens (tertiary/aromatic N) is 2. The topological polar surface area (TPSA) is 126 Å². The molecule has 5 rings (SSSR count). The fourth-order valence-electron chi connectivity index (χ4n) is 4.72. The van der Waals surface area contributed by atoms with E-state index in [0.29, 0.717) is 21.7 Å². The molecule has 1 amide bonds. The lowest BCUT2D eigenvalue weighted by Crippen LogP contribution is -2.63. The fraction of sp³-hybridized carbons (Fsp3) is 0.333. The van der Waals surface area contributed by atoms with Crippen LogP contribution in [0.15, 0.2) is 45.8 Å². The van der Waals surface area contributed by atoms with Crippen molar-refractivity contribution in [1.29, 1.82) is 0 Å². The van der Waals surface area contributed by atoms with Gasteiger partial charge < -0.3 is 24.6 Å². The van der Waals surface area contributed by atoms with Gasteiger partial charge in [-0.05, 0) is 24.5 Å². The molecule has 0 radical (unpaired) electrons. The molecule has 1 saturated heterocycles. The number of aromatic nitrogens is 1. The molecule has 2 aromatic rings. The second kappa shape index (κ2) is 9.23. The average molecular weight is 515 g/mol. The summed E-state index contributed by atoms with van der Waals surface area (Å²) in [6, 6.07) is 6.27. The molecule has 1 unspecified atom stereocenters. The number of amides is 1. The third kappa shape index (κ3) is 3.88. The molecule has 1 aromatic carbocycles. The molecule has 2 N–H and O–H groups in total. The Hall–Kier alpha value is -2.99. The number of esters is 2. The second-order valence-electron chi connectivity index (χ2n) is 8.44. The molecule has 1 fully saturated rings. The van der Waals surface area contributed by atoms with Crippen molar-refractivity contribution in [2.24, 2.45) is 11.8 Å². The van der Waals surface area contributed by atoms with Crippen molar-refractivity contribution in [3.8, 4) is 0 Å². The van der Waals surface area contributed by atoms with Gasteiger partial charge in [0.15, 0.2) is 0 Å². The number of hydrogen-bond donors (Lipinski definition) is 2. The van der Waals surface area contributed by atoms with Crippen LogP contribution in [0, 0.1) is 11.8 Å². The van der Waals surface area contributed by atoms with E-state index in [-0.39, 0.29) is 30.2 Å². The Morgan fingerprint density at radius 3 is 2.89 bits per heavy atom. The molecule has 182 valence electrons. The highest BCUT2D eigenvalue weighted by molar-refractivity contribution is 8.06. The van der Waals surface area contributed by atoms with Gasteiger partial charge in [0.2, 0.25) is 5.91 Å². The normalized spacial score (nSPS) is 26.0. The number of β-lactam (4-membered cyclic amide) rings is 1. The maximum Gasteiger partial charge on any atom is 0.359 e. The maximum absolute atomic E-state index is 13.4. The SMILES string of the molecule is C[C@@H](O)[C@H]1C(=O)N2C(C(=O)OC3OC(=O)c4ccccc43)=C(S/C=C\c3scnc3CO)[C@H](C)[C@H]12. The van der Waals surface area contributed by atoms with Crippen LogP contribution in [0.1, 0.15) is 46.6 Å². The number of benzene rings is 1. The summed E-state index contributed by atoms with van der Waals surface area (Å²) in [6.07, 6.45) is -0.284. The first-order valence-electron chi connectivity index (χ1n) is 11.0. The monoisotopic (exact) mass is 514 g/mol. The van der Waals surface area contributed by atoms with Crippen LogP contribution in [0.4, 0.5) is 0 Å². The van der Waals surface area contributed by atoms with Gasteiger partial charge in [0.05, 0.1) is 46.3 Å². The number of fused-ring (bicyclic) bond motifs is 2. The third-order valence-electron chi connectivity index (χ3n) is 6.40. The first-order chi connectivity index (χ1) is 16.8. The summed E-state index contributed by atoms with van der Waals surface area (Å²) in [6.45, 7) is 3.27. The number of aliphatic hydroxyl groups is 2. The Labute approximate surface area is 209 Å². The minimum Gasteiger partial charge on any atom is -0.417 e. The highest BCUT2D eigenvalue weighted by Crippen LogP contribution is 2.51. The summed E-state index contributed by atoms with van der Waals surface area (Å²) in [5, 5.41) is 21.3. The number of carbonyl (C=O) groups excluding carboxylic acids is 3. The second-order valence-corrected chi connectivity index (χ2v) is 10.3. The van der Waals surface area contributed by atoms with E-state index >= 15 is 0 Å². The van der Waals surface area contributed by atoms with E-state index in [1.165, 1.54) is 28.0 Å². The molecule has 3 aliphatic rings. The Morgan fingerprint density at radius 1 is 1.37 bits per heavy atom. The van der Waals surface area contributed by atoms with E-state index in [0.717, 1.165) is 4.88 Å². The van der Waals surface area contributed by atoms with Crippen LogP contribution in [0.3, 0.4) is 0 Å². The summed E-state index contributed by atoms with van der Waals surface area (Å²) >= 11 is 2.64. The van der Waals surface area contributed by atoms with Crippen LogP contribution in [-0.2, 0) is 25.7 Å². The molecule has 0 saturated carbocycles. The van der Waals surface area contributed by atoms with Gasteiger partial charge in [-0.25, -0.2) is 14.6 Å². The summed E-state index contributed by atoms with van der Waals surface area (Å²) in [4.78, 5) is 45.3. The first-order valence-corrected chi connectivity index (χ1v) is 12.7. The van der Waals surface area contributed by atoms with Crippen LogP contribution in [-0.4, -0.2) is 50.1 Å². The molecule has 3 aliphatic heterocycles. The Bertz CT molecular complexity index is 1270. The zero-order chi connectivity index (χ0) is 24.9. The van der Waals surface area contributed by atoms with Crippen LogP contribution in [0.25, 0.3) is 6.08 Å². The van der Waals surface area contributed by atoms with Crippen LogP contribution >= 0.6 is 23.1 Å². The summed E-state index contributed by atoms with van der Waals surface area (Å²) in [5.41, 5.74) is 3.05. The summed E-state index contributed by atoms with van der Waals surface area (Å²) < 4.78 is 10.8. The zero-order valence-corrected chi connectivity index (χ0v) is 20.4. The lowest BCUT2D eigenvalue weighted by Gasteiger charge is -2.46. The number of thioether (sulfide) groups is 1. The number of thiazole rings is 1. The van der Waals surface area contributed by atoms with Crippen molar-refractivity contribution < 1.29 is 34.1 Å². The first kappa shape index (κ1) is 23.7. The largest absolute Gasteiger partial charge is 0.417 e. The molecule has 4 heterocycles. The molecule has 5 atom stereocenters. The van der Waals surface area contributed by atoms with Crippen LogP contribution in [0.2, 0.25) is 0 Å². The lowest BCUT2D eigenvalue weighted by atomic mass is 9.79.